The van der Waals surface area contributed by atoms with Crippen LogP contribution in [0.5, 0.6) is 0 Å². The first-order valence-corrected chi connectivity index (χ1v) is 6.98. The summed E-state index contributed by atoms with van der Waals surface area (Å²) in [6.07, 6.45) is 1.05. The molecule has 0 aliphatic heterocycles. The van der Waals surface area contributed by atoms with Gasteiger partial charge in [0, 0.05) is 26.2 Å². The van der Waals surface area contributed by atoms with Gasteiger partial charge in [0.15, 0.2) is 0 Å². The molecule has 116 valence electrons. The fraction of sp³-hybridized carbons (Fsp3) is 0.500. The lowest BCUT2D eigenvalue weighted by atomic mass is 10.2. The predicted molar refractivity (Wildman–Crippen MR) is 82.5 cm³/mol. The SMILES string of the molecule is CCCNCCNC(=O)CN(C)c1ccccc1[N+](=O)[O-]. The number of hydrogen-bond donors (Lipinski definition) is 2. The zero-order valence-electron chi connectivity index (χ0n) is 12.5. The topological polar surface area (TPSA) is 87.5 Å². The summed E-state index contributed by atoms with van der Waals surface area (Å²) in [4.78, 5) is 23.9. The third-order valence-corrected chi connectivity index (χ3v) is 2.92. The molecule has 0 saturated carbocycles. The molecule has 1 amide bonds. The molecule has 21 heavy (non-hydrogen) atoms. The maximum Gasteiger partial charge on any atom is 0.292 e. The van der Waals surface area contributed by atoms with Crippen LogP contribution in [0.1, 0.15) is 13.3 Å². The van der Waals surface area contributed by atoms with E-state index in [1.807, 2.05) is 0 Å². The van der Waals surface area contributed by atoms with E-state index in [0.717, 1.165) is 19.5 Å². The number of nitro benzene ring substituents is 1. The number of nitrogens with zero attached hydrogens (tertiary/aromatic N) is 2. The van der Waals surface area contributed by atoms with Crippen molar-refractivity contribution in [3.63, 3.8) is 0 Å². The van der Waals surface area contributed by atoms with Gasteiger partial charge in [-0.1, -0.05) is 19.1 Å². The molecule has 0 spiro atoms. The summed E-state index contributed by atoms with van der Waals surface area (Å²) >= 11 is 0. The van der Waals surface area contributed by atoms with Crippen molar-refractivity contribution in [3.05, 3.63) is 34.4 Å². The normalized spacial score (nSPS) is 10.2. The Balaban J connectivity index is 2.47. The van der Waals surface area contributed by atoms with E-state index in [4.69, 9.17) is 0 Å². The van der Waals surface area contributed by atoms with Gasteiger partial charge in [-0.15, -0.1) is 0 Å². The minimum atomic E-state index is -0.446. The number of para-hydroxylation sites is 2. The van der Waals surface area contributed by atoms with Crippen molar-refractivity contribution in [2.24, 2.45) is 0 Å². The maximum atomic E-state index is 11.8. The number of carbonyl (C=O) groups is 1. The van der Waals surface area contributed by atoms with Crippen LogP contribution in [-0.4, -0.2) is 44.1 Å². The molecule has 0 radical (unpaired) electrons. The number of nitrogens with one attached hydrogen (secondary N) is 2. The number of carbonyl (C=O) groups excluding carboxylic acids is 1. The van der Waals surface area contributed by atoms with Crippen LogP contribution in [0.15, 0.2) is 24.3 Å². The third kappa shape index (κ3) is 5.78. The van der Waals surface area contributed by atoms with Crippen molar-refractivity contribution in [1.29, 1.82) is 0 Å². The van der Waals surface area contributed by atoms with Crippen LogP contribution in [0.3, 0.4) is 0 Å². The Morgan fingerprint density at radius 1 is 1.29 bits per heavy atom. The zero-order valence-corrected chi connectivity index (χ0v) is 12.5. The van der Waals surface area contributed by atoms with Gasteiger partial charge in [-0.25, -0.2) is 0 Å². The first-order chi connectivity index (χ1) is 10.1. The van der Waals surface area contributed by atoms with Crippen molar-refractivity contribution in [2.45, 2.75) is 13.3 Å². The molecule has 0 aliphatic carbocycles. The molecule has 0 saturated heterocycles. The van der Waals surface area contributed by atoms with E-state index in [-0.39, 0.29) is 18.1 Å². The van der Waals surface area contributed by atoms with Gasteiger partial charge in [0.25, 0.3) is 5.69 Å². The largest absolute Gasteiger partial charge is 0.360 e. The van der Waals surface area contributed by atoms with Crippen molar-refractivity contribution in [1.82, 2.24) is 10.6 Å². The maximum absolute atomic E-state index is 11.8. The molecule has 0 fully saturated rings. The smallest absolute Gasteiger partial charge is 0.292 e. The van der Waals surface area contributed by atoms with Crippen molar-refractivity contribution < 1.29 is 9.72 Å². The minimum Gasteiger partial charge on any atom is -0.360 e. The molecule has 0 bridgehead atoms. The Hall–Kier alpha value is -2.15. The summed E-state index contributed by atoms with van der Waals surface area (Å²) in [6.45, 7) is 4.34. The number of benzene rings is 1. The highest BCUT2D eigenvalue weighted by Gasteiger charge is 2.17. The second kappa shape index (κ2) is 8.91. The second-order valence-electron chi connectivity index (χ2n) is 4.70. The fourth-order valence-corrected chi connectivity index (χ4v) is 1.89. The predicted octanol–water partition coefficient (Wildman–Crippen LogP) is 1.15. The van der Waals surface area contributed by atoms with E-state index >= 15 is 0 Å². The van der Waals surface area contributed by atoms with Crippen LogP contribution in [0.25, 0.3) is 0 Å². The standard InChI is InChI=1S/C14H22N4O3/c1-3-8-15-9-10-16-14(19)11-17(2)12-6-4-5-7-13(12)18(20)21/h4-7,15H,3,8-11H2,1-2H3,(H,16,19). The Morgan fingerprint density at radius 3 is 2.67 bits per heavy atom. The van der Waals surface area contributed by atoms with Crippen LogP contribution >= 0.6 is 0 Å². The molecular formula is C14H22N4O3. The molecular weight excluding hydrogens is 272 g/mol. The highest BCUT2D eigenvalue weighted by molar-refractivity contribution is 5.82. The monoisotopic (exact) mass is 294 g/mol. The van der Waals surface area contributed by atoms with Crippen LogP contribution in [0.4, 0.5) is 11.4 Å². The number of hydrogen-bond acceptors (Lipinski definition) is 5. The van der Waals surface area contributed by atoms with E-state index in [9.17, 15) is 14.9 Å². The Labute approximate surface area is 124 Å². The molecule has 2 N–H and O–H groups in total. The molecule has 1 aromatic carbocycles. The molecule has 7 heteroatoms. The summed E-state index contributed by atoms with van der Waals surface area (Å²) in [5.41, 5.74) is 0.430. The number of anilines is 1. The van der Waals surface area contributed by atoms with Gasteiger partial charge in [0.05, 0.1) is 11.5 Å². The van der Waals surface area contributed by atoms with Gasteiger partial charge in [0.1, 0.15) is 5.69 Å². The van der Waals surface area contributed by atoms with Gasteiger partial charge in [-0.3, -0.25) is 14.9 Å². The first kappa shape index (κ1) is 16.9. The van der Waals surface area contributed by atoms with E-state index in [1.54, 1.807) is 30.1 Å². The van der Waals surface area contributed by atoms with Crippen LogP contribution in [-0.2, 0) is 4.79 Å². The second-order valence-corrected chi connectivity index (χ2v) is 4.70. The molecule has 0 atom stereocenters. The lowest BCUT2D eigenvalue weighted by Crippen LogP contribution is -2.38. The Bertz CT molecular complexity index is 479. The van der Waals surface area contributed by atoms with Crippen molar-refractivity contribution in [3.8, 4) is 0 Å². The number of rotatable bonds is 9. The summed E-state index contributed by atoms with van der Waals surface area (Å²) in [7, 11) is 1.66. The molecule has 0 unspecified atom stereocenters. The molecule has 1 aromatic rings. The Kier molecular flexibility index (Phi) is 7.17. The lowest BCUT2D eigenvalue weighted by molar-refractivity contribution is -0.384. The van der Waals surface area contributed by atoms with Crippen LogP contribution < -0.4 is 15.5 Å². The van der Waals surface area contributed by atoms with Crippen LogP contribution in [0.2, 0.25) is 0 Å². The number of amides is 1. The third-order valence-electron chi connectivity index (χ3n) is 2.92. The first-order valence-electron chi connectivity index (χ1n) is 6.98. The van der Waals surface area contributed by atoms with E-state index in [1.165, 1.54) is 6.07 Å². The summed E-state index contributed by atoms with van der Waals surface area (Å²) in [5, 5.41) is 16.9. The van der Waals surface area contributed by atoms with Gasteiger partial charge in [0.2, 0.25) is 5.91 Å². The van der Waals surface area contributed by atoms with Gasteiger partial charge >= 0.3 is 0 Å². The average Bonchev–Trinajstić information content (AvgIpc) is 2.47. The summed E-state index contributed by atoms with van der Waals surface area (Å²) < 4.78 is 0. The number of nitro groups is 1. The van der Waals surface area contributed by atoms with Gasteiger partial charge in [-0.2, -0.15) is 0 Å². The van der Waals surface area contributed by atoms with Crippen molar-refractivity contribution in [2.75, 3.05) is 38.1 Å². The number of likely N-dealkylation sites (N-methyl/N-ethyl adjacent to an activating group) is 1. The van der Waals surface area contributed by atoms with Gasteiger partial charge < -0.3 is 15.5 Å². The van der Waals surface area contributed by atoms with E-state index in [2.05, 4.69) is 17.6 Å². The summed E-state index contributed by atoms with van der Waals surface area (Å²) in [6, 6.07) is 6.38. The van der Waals surface area contributed by atoms with Gasteiger partial charge in [-0.05, 0) is 19.0 Å². The van der Waals surface area contributed by atoms with E-state index < -0.39 is 4.92 Å². The lowest BCUT2D eigenvalue weighted by Gasteiger charge is -2.18. The molecule has 7 nitrogen and oxygen atoms in total. The Morgan fingerprint density at radius 2 is 2.00 bits per heavy atom. The average molecular weight is 294 g/mol. The molecule has 0 heterocycles. The quantitative estimate of drug-likeness (QED) is 0.405. The molecule has 1 rings (SSSR count). The minimum absolute atomic E-state index is 0.00240. The van der Waals surface area contributed by atoms with Crippen LogP contribution in [0, 0.1) is 10.1 Å². The summed E-state index contributed by atoms with van der Waals surface area (Å²) in [5.74, 6) is -0.158. The highest BCUT2D eigenvalue weighted by Crippen LogP contribution is 2.26. The molecule has 0 aliphatic rings. The highest BCUT2D eigenvalue weighted by atomic mass is 16.6. The van der Waals surface area contributed by atoms with E-state index in [0.29, 0.717) is 12.2 Å². The fourth-order valence-electron chi connectivity index (χ4n) is 1.89. The van der Waals surface area contributed by atoms with Crippen molar-refractivity contribution >= 4 is 17.3 Å². The molecule has 0 aromatic heterocycles. The zero-order chi connectivity index (χ0) is 15.7.